The average Bonchev–Trinajstić information content (AvgIpc) is 3.61. The van der Waals surface area contributed by atoms with E-state index in [9.17, 15) is 0 Å². The van der Waals surface area contributed by atoms with Crippen molar-refractivity contribution < 1.29 is 0 Å². The van der Waals surface area contributed by atoms with Gasteiger partial charge < -0.3 is 9.13 Å². The molecule has 1 aliphatic rings. The topological polar surface area (TPSA) is 9.86 Å². The summed E-state index contributed by atoms with van der Waals surface area (Å²) in [7, 11) is 0. The zero-order chi connectivity index (χ0) is 27.3. The molecule has 2 heteroatoms. The predicted molar refractivity (Wildman–Crippen MR) is 173 cm³/mol. The highest BCUT2D eigenvalue weighted by molar-refractivity contribution is 6.26. The Bertz CT molecular complexity index is 2330. The summed E-state index contributed by atoms with van der Waals surface area (Å²) in [6.07, 6.45) is 0. The molecule has 0 atom stereocenters. The Morgan fingerprint density at radius 3 is 1.95 bits per heavy atom. The van der Waals surface area contributed by atoms with Crippen molar-refractivity contribution >= 4 is 43.6 Å². The Kier molecular flexibility index (Phi) is 4.42. The van der Waals surface area contributed by atoms with Crippen LogP contribution in [-0.2, 0) is 5.41 Å². The van der Waals surface area contributed by atoms with Crippen molar-refractivity contribution in [1.82, 2.24) is 9.13 Å². The molecule has 0 unspecified atom stereocenters. The maximum atomic E-state index is 2.56. The Labute approximate surface area is 238 Å². The van der Waals surface area contributed by atoms with Crippen molar-refractivity contribution in [1.29, 1.82) is 0 Å². The number of aromatic nitrogens is 2. The molecule has 8 aromatic rings. The molecule has 1 aliphatic carbocycles. The molecule has 194 valence electrons. The third-order valence-electron chi connectivity index (χ3n) is 9.28. The lowest BCUT2D eigenvalue weighted by Crippen LogP contribution is -2.18. The summed E-state index contributed by atoms with van der Waals surface area (Å²) in [6, 6.07) is 48.9. The molecule has 0 fully saturated rings. The van der Waals surface area contributed by atoms with E-state index in [0.717, 1.165) is 0 Å². The number of nitrogens with zero attached hydrogens (tertiary/aromatic N) is 2. The van der Waals surface area contributed by atoms with Crippen molar-refractivity contribution in [3.05, 3.63) is 145 Å². The fourth-order valence-electron chi connectivity index (χ4n) is 7.62. The van der Waals surface area contributed by atoms with Gasteiger partial charge in [0.15, 0.2) is 0 Å². The number of benzene rings is 6. The lowest BCUT2D eigenvalue weighted by atomic mass is 9.81. The molecule has 0 saturated heterocycles. The summed E-state index contributed by atoms with van der Waals surface area (Å²) in [4.78, 5) is 0. The Morgan fingerprint density at radius 2 is 1.12 bits per heavy atom. The van der Waals surface area contributed by atoms with Crippen LogP contribution in [0.2, 0.25) is 0 Å². The largest absolute Gasteiger partial charge is 0.309 e. The summed E-state index contributed by atoms with van der Waals surface area (Å²) >= 11 is 0. The van der Waals surface area contributed by atoms with Gasteiger partial charge in [-0.3, -0.25) is 0 Å². The van der Waals surface area contributed by atoms with Crippen LogP contribution in [0.1, 0.15) is 25.0 Å². The molecule has 2 nitrogen and oxygen atoms in total. The molecule has 6 aromatic carbocycles. The van der Waals surface area contributed by atoms with Gasteiger partial charge in [0.05, 0.1) is 27.8 Å². The second kappa shape index (κ2) is 7.99. The zero-order valence-corrected chi connectivity index (χ0v) is 23.1. The van der Waals surface area contributed by atoms with Crippen LogP contribution >= 0.6 is 0 Å². The minimum Gasteiger partial charge on any atom is -0.309 e. The molecule has 0 N–H and O–H groups in total. The van der Waals surface area contributed by atoms with Gasteiger partial charge in [0.2, 0.25) is 0 Å². The standard InChI is InChI=1S/C39H28N2/c1-39(2)31-19-9-6-15-26(31)28-18-12-22-35(37(28)39)41-32-20-10-7-16-27(32)29-23-24-34-36(38(29)41)30-17-8-11-21-33(30)40(34)25-13-4-3-5-14-25/h3-24H,1-2H3. The molecule has 2 heterocycles. The normalized spacial score (nSPS) is 13.8. The van der Waals surface area contributed by atoms with E-state index in [1.807, 2.05) is 0 Å². The zero-order valence-electron chi connectivity index (χ0n) is 23.1. The van der Waals surface area contributed by atoms with Gasteiger partial charge in [-0.2, -0.15) is 0 Å². The van der Waals surface area contributed by atoms with E-state index in [1.165, 1.54) is 77.2 Å². The molecular weight excluding hydrogens is 496 g/mol. The van der Waals surface area contributed by atoms with Gasteiger partial charge in [-0.05, 0) is 58.7 Å². The first kappa shape index (κ1) is 22.7. The summed E-state index contributed by atoms with van der Waals surface area (Å²) in [6.45, 7) is 4.76. The van der Waals surface area contributed by atoms with Crippen LogP contribution in [0.15, 0.2) is 133 Å². The summed E-state index contributed by atoms with van der Waals surface area (Å²) < 4.78 is 4.97. The molecule has 0 saturated carbocycles. The lowest BCUT2D eigenvalue weighted by molar-refractivity contribution is 0.656. The van der Waals surface area contributed by atoms with Gasteiger partial charge in [0.1, 0.15) is 0 Å². The molecule has 0 bridgehead atoms. The third-order valence-corrected chi connectivity index (χ3v) is 9.28. The average molecular weight is 525 g/mol. The van der Waals surface area contributed by atoms with Crippen LogP contribution in [0.5, 0.6) is 0 Å². The lowest BCUT2D eigenvalue weighted by Gasteiger charge is -2.25. The molecule has 9 rings (SSSR count). The van der Waals surface area contributed by atoms with Crippen LogP contribution < -0.4 is 0 Å². The van der Waals surface area contributed by atoms with Crippen LogP contribution in [0.3, 0.4) is 0 Å². The van der Waals surface area contributed by atoms with E-state index < -0.39 is 0 Å². The van der Waals surface area contributed by atoms with Crippen molar-refractivity contribution in [2.24, 2.45) is 0 Å². The minimum atomic E-state index is -0.119. The highest BCUT2D eigenvalue weighted by Gasteiger charge is 2.38. The maximum Gasteiger partial charge on any atom is 0.0641 e. The Balaban J connectivity index is 1.51. The minimum absolute atomic E-state index is 0.119. The first-order valence-corrected chi connectivity index (χ1v) is 14.4. The summed E-state index contributed by atoms with van der Waals surface area (Å²) in [5, 5.41) is 5.14. The van der Waals surface area contributed by atoms with Gasteiger partial charge >= 0.3 is 0 Å². The van der Waals surface area contributed by atoms with Gasteiger partial charge in [0, 0.05) is 32.6 Å². The fraction of sp³-hybridized carbons (Fsp3) is 0.0769. The second-order valence-electron chi connectivity index (χ2n) is 11.8. The van der Waals surface area contributed by atoms with Gasteiger partial charge in [-0.1, -0.05) is 111 Å². The highest BCUT2D eigenvalue weighted by Crippen LogP contribution is 2.52. The molecule has 0 spiro atoms. The van der Waals surface area contributed by atoms with Crippen molar-refractivity contribution in [2.45, 2.75) is 19.3 Å². The molecule has 0 amide bonds. The number of hydrogen-bond donors (Lipinski definition) is 0. The van der Waals surface area contributed by atoms with Crippen molar-refractivity contribution in [2.75, 3.05) is 0 Å². The monoisotopic (exact) mass is 524 g/mol. The van der Waals surface area contributed by atoms with Gasteiger partial charge in [-0.25, -0.2) is 0 Å². The second-order valence-corrected chi connectivity index (χ2v) is 11.8. The summed E-state index contributed by atoms with van der Waals surface area (Å²) in [5.74, 6) is 0. The Hall–Kier alpha value is -5.08. The predicted octanol–water partition coefficient (Wildman–Crippen LogP) is 10.2. The van der Waals surface area contributed by atoms with Crippen LogP contribution in [0.25, 0.3) is 66.1 Å². The summed E-state index contributed by atoms with van der Waals surface area (Å²) in [5.41, 5.74) is 12.8. The van der Waals surface area contributed by atoms with E-state index in [1.54, 1.807) is 0 Å². The first-order chi connectivity index (χ1) is 20.1. The molecule has 0 aliphatic heterocycles. The SMILES string of the molecule is CC1(C)c2ccccc2-c2cccc(-n3c4ccccc4c4ccc5c(c6ccccc6n5-c5ccccc5)c43)c21. The van der Waals surface area contributed by atoms with E-state index in [-0.39, 0.29) is 5.41 Å². The molecular formula is C39H28N2. The van der Waals surface area contributed by atoms with E-state index >= 15 is 0 Å². The fourth-order valence-corrected chi connectivity index (χ4v) is 7.62. The van der Waals surface area contributed by atoms with Gasteiger partial charge in [0.25, 0.3) is 0 Å². The smallest absolute Gasteiger partial charge is 0.0641 e. The van der Waals surface area contributed by atoms with Gasteiger partial charge in [-0.15, -0.1) is 0 Å². The Morgan fingerprint density at radius 1 is 0.463 bits per heavy atom. The van der Waals surface area contributed by atoms with Crippen LogP contribution in [0.4, 0.5) is 0 Å². The first-order valence-electron chi connectivity index (χ1n) is 14.4. The third kappa shape index (κ3) is 2.87. The van der Waals surface area contributed by atoms with Crippen LogP contribution in [0, 0.1) is 0 Å². The molecule has 2 aromatic heterocycles. The molecule has 41 heavy (non-hydrogen) atoms. The molecule has 0 radical (unpaired) electrons. The van der Waals surface area contributed by atoms with Crippen molar-refractivity contribution in [3.63, 3.8) is 0 Å². The van der Waals surface area contributed by atoms with Crippen molar-refractivity contribution in [3.8, 4) is 22.5 Å². The highest BCUT2D eigenvalue weighted by atomic mass is 15.0. The number of rotatable bonds is 2. The van der Waals surface area contributed by atoms with E-state index in [4.69, 9.17) is 0 Å². The maximum absolute atomic E-state index is 2.56. The quantitative estimate of drug-likeness (QED) is 0.213. The van der Waals surface area contributed by atoms with E-state index in [2.05, 4.69) is 156 Å². The number of hydrogen-bond acceptors (Lipinski definition) is 0. The van der Waals surface area contributed by atoms with Crippen LogP contribution in [-0.4, -0.2) is 9.13 Å². The number of fused-ring (bicyclic) bond motifs is 10. The number of para-hydroxylation sites is 3. The van der Waals surface area contributed by atoms with E-state index in [0.29, 0.717) is 0 Å².